The Balaban J connectivity index is 1.94. The smallest absolute Gasteiger partial charge is 0.242 e. The summed E-state index contributed by atoms with van der Waals surface area (Å²) in [6.07, 6.45) is 1.39. The molecule has 3 aromatic rings. The van der Waals surface area contributed by atoms with Crippen molar-refractivity contribution < 1.29 is 18.0 Å². The Morgan fingerprint density at radius 2 is 1.23 bits per heavy atom. The fourth-order valence-corrected chi connectivity index (χ4v) is 4.55. The first-order chi connectivity index (χ1) is 16.8. The van der Waals surface area contributed by atoms with Gasteiger partial charge >= 0.3 is 0 Å². The highest BCUT2D eigenvalue weighted by atomic mass is 32.2. The minimum atomic E-state index is -3.69. The number of amides is 2. The van der Waals surface area contributed by atoms with E-state index in [1.54, 1.807) is 0 Å². The Morgan fingerprint density at radius 1 is 0.771 bits per heavy atom. The van der Waals surface area contributed by atoms with Gasteiger partial charge < -0.3 is 10.2 Å². The second-order valence-corrected chi connectivity index (χ2v) is 10.3. The van der Waals surface area contributed by atoms with Crippen LogP contribution in [-0.2, 0) is 39.1 Å². The zero-order chi connectivity index (χ0) is 25.3. The molecule has 0 fully saturated rings. The van der Waals surface area contributed by atoms with E-state index in [2.05, 4.69) is 5.32 Å². The first-order valence-corrected chi connectivity index (χ1v) is 13.2. The molecular weight excluding hydrogens is 462 g/mol. The van der Waals surface area contributed by atoms with Gasteiger partial charge in [0.1, 0.15) is 6.04 Å². The van der Waals surface area contributed by atoms with E-state index in [0.717, 1.165) is 27.3 Å². The lowest BCUT2D eigenvalue weighted by atomic mass is 10.0. The fraction of sp³-hybridized carbons (Fsp3) is 0.259. The van der Waals surface area contributed by atoms with Gasteiger partial charge in [-0.3, -0.25) is 9.59 Å². The number of likely N-dealkylation sites (N-methyl/N-ethyl adjacent to an activating group) is 1. The van der Waals surface area contributed by atoms with Gasteiger partial charge in [0.25, 0.3) is 0 Å². The summed E-state index contributed by atoms with van der Waals surface area (Å²) in [4.78, 5) is 28.2. The molecule has 0 unspecified atom stereocenters. The van der Waals surface area contributed by atoms with Gasteiger partial charge in [-0.25, -0.2) is 8.42 Å². The Labute approximate surface area is 207 Å². The molecule has 0 aliphatic heterocycles. The molecule has 0 aromatic heterocycles. The van der Waals surface area contributed by atoms with Crippen molar-refractivity contribution in [3.05, 3.63) is 108 Å². The fourth-order valence-electron chi connectivity index (χ4n) is 3.82. The number of hydrogen-bond donors (Lipinski definition) is 1. The van der Waals surface area contributed by atoms with Crippen LogP contribution in [-0.4, -0.2) is 55.3 Å². The summed E-state index contributed by atoms with van der Waals surface area (Å²) in [6.45, 7) is -0.135. The maximum absolute atomic E-state index is 13.7. The minimum absolute atomic E-state index is 0.0634. The number of nitrogens with zero attached hydrogens (tertiary/aromatic N) is 2. The van der Waals surface area contributed by atoms with Crippen molar-refractivity contribution in [3.63, 3.8) is 0 Å². The molecule has 1 atom stereocenters. The van der Waals surface area contributed by atoms with Crippen LogP contribution in [0.2, 0.25) is 0 Å². The Kier molecular flexibility index (Phi) is 9.17. The second kappa shape index (κ2) is 12.3. The molecule has 0 saturated carbocycles. The Bertz CT molecular complexity index is 1200. The van der Waals surface area contributed by atoms with Gasteiger partial charge in [-0.2, -0.15) is 4.31 Å². The summed E-state index contributed by atoms with van der Waals surface area (Å²) in [5.74, 6) is -0.758. The van der Waals surface area contributed by atoms with Crippen LogP contribution in [0.15, 0.2) is 91.0 Å². The molecule has 35 heavy (non-hydrogen) atoms. The van der Waals surface area contributed by atoms with E-state index in [1.165, 1.54) is 11.9 Å². The lowest BCUT2D eigenvalue weighted by Crippen LogP contribution is -2.52. The normalized spacial score (nSPS) is 12.2. The second-order valence-electron chi connectivity index (χ2n) is 8.34. The van der Waals surface area contributed by atoms with E-state index in [0.29, 0.717) is 6.42 Å². The first kappa shape index (κ1) is 26.1. The Hall–Kier alpha value is -3.49. The number of nitrogens with one attached hydrogen (secondary N) is 1. The van der Waals surface area contributed by atoms with E-state index in [9.17, 15) is 18.0 Å². The molecule has 0 aliphatic rings. The minimum Gasteiger partial charge on any atom is -0.357 e. The predicted octanol–water partition coefficient (Wildman–Crippen LogP) is 2.83. The summed E-state index contributed by atoms with van der Waals surface area (Å²) in [5.41, 5.74) is 2.51. The standard InChI is InChI=1S/C27H31N3O4S/c1-28-27(32)25(18-22-12-6-3-7-13-22)30(20-24-16-10-5-11-17-24)26(31)21-29(35(2,33)34)19-23-14-8-4-9-15-23/h3-17,25H,18-21H2,1-2H3,(H,28,32)/t25-/m0/s1. The van der Waals surface area contributed by atoms with E-state index >= 15 is 0 Å². The average Bonchev–Trinajstić information content (AvgIpc) is 2.86. The van der Waals surface area contributed by atoms with Crippen LogP contribution >= 0.6 is 0 Å². The molecule has 2 amide bonds. The van der Waals surface area contributed by atoms with Gasteiger partial charge in [-0.15, -0.1) is 0 Å². The van der Waals surface area contributed by atoms with Crippen LogP contribution in [0.3, 0.4) is 0 Å². The highest BCUT2D eigenvalue weighted by Gasteiger charge is 2.32. The lowest BCUT2D eigenvalue weighted by molar-refractivity contribution is -0.141. The van der Waals surface area contributed by atoms with Gasteiger partial charge in [-0.1, -0.05) is 91.0 Å². The van der Waals surface area contributed by atoms with Crippen molar-refractivity contribution in [1.82, 2.24) is 14.5 Å². The molecule has 7 nitrogen and oxygen atoms in total. The molecular formula is C27H31N3O4S. The van der Waals surface area contributed by atoms with Crippen LogP contribution in [0, 0.1) is 0 Å². The van der Waals surface area contributed by atoms with Gasteiger partial charge in [0.15, 0.2) is 0 Å². The number of hydrogen-bond acceptors (Lipinski definition) is 4. The number of carbonyl (C=O) groups is 2. The monoisotopic (exact) mass is 493 g/mol. The van der Waals surface area contributed by atoms with Crippen molar-refractivity contribution in [1.29, 1.82) is 0 Å². The molecule has 8 heteroatoms. The van der Waals surface area contributed by atoms with Crippen LogP contribution < -0.4 is 5.32 Å². The third kappa shape index (κ3) is 7.77. The Morgan fingerprint density at radius 3 is 1.69 bits per heavy atom. The molecule has 0 bridgehead atoms. The van der Waals surface area contributed by atoms with Crippen molar-refractivity contribution in [3.8, 4) is 0 Å². The first-order valence-electron chi connectivity index (χ1n) is 11.4. The third-order valence-electron chi connectivity index (χ3n) is 5.70. The van der Waals surface area contributed by atoms with Crippen molar-refractivity contribution >= 4 is 21.8 Å². The molecule has 3 rings (SSSR count). The molecule has 0 spiro atoms. The van der Waals surface area contributed by atoms with Crippen LogP contribution in [0.25, 0.3) is 0 Å². The maximum atomic E-state index is 13.7. The zero-order valence-electron chi connectivity index (χ0n) is 20.0. The topological polar surface area (TPSA) is 86.8 Å². The molecule has 3 aromatic carbocycles. The predicted molar refractivity (Wildman–Crippen MR) is 137 cm³/mol. The van der Waals surface area contributed by atoms with Crippen LogP contribution in [0.1, 0.15) is 16.7 Å². The summed E-state index contributed by atoms with van der Waals surface area (Å²) < 4.78 is 26.3. The van der Waals surface area contributed by atoms with Crippen molar-refractivity contribution in [2.24, 2.45) is 0 Å². The summed E-state index contributed by atoms with van der Waals surface area (Å²) in [5, 5.41) is 2.67. The average molecular weight is 494 g/mol. The van der Waals surface area contributed by atoms with E-state index < -0.39 is 22.0 Å². The SMILES string of the molecule is CNC(=O)[C@H](Cc1ccccc1)N(Cc1ccccc1)C(=O)CN(Cc1ccccc1)S(C)(=O)=O. The maximum Gasteiger partial charge on any atom is 0.242 e. The molecule has 1 N–H and O–H groups in total. The largest absolute Gasteiger partial charge is 0.357 e. The highest BCUT2D eigenvalue weighted by Crippen LogP contribution is 2.17. The van der Waals surface area contributed by atoms with Gasteiger partial charge in [-0.05, 0) is 16.7 Å². The zero-order valence-corrected chi connectivity index (χ0v) is 20.8. The molecule has 0 saturated heterocycles. The third-order valence-corrected chi connectivity index (χ3v) is 6.89. The van der Waals surface area contributed by atoms with Gasteiger partial charge in [0.05, 0.1) is 12.8 Å². The molecule has 0 heterocycles. The number of benzene rings is 3. The van der Waals surface area contributed by atoms with Gasteiger partial charge in [0, 0.05) is 26.6 Å². The van der Waals surface area contributed by atoms with Gasteiger partial charge in [0.2, 0.25) is 21.8 Å². The molecule has 0 radical (unpaired) electrons. The van der Waals surface area contributed by atoms with E-state index in [4.69, 9.17) is 0 Å². The quantitative estimate of drug-likeness (QED) is 0.445. The summed E-state index contributed by atoms with van der Waals surface area (Å²) >= 11 is 0. The molecule has 184 valence electrons. The van der Waals surface area contributed by atoms with Crippen LogP contribution in [0.4, 0.5) is 0 Å². The van der Waals surface area contributed by atoms with Crippen LogP contribution in [0.5, 0.6) is 0 Å². The molecule has 0 aliphatic carbocycles. The number of rotatable bonds is 11. The highest BCUT2D eigenvalue weighted by molar-refractivity contribution is 7.88. The van der Waals surface area contributed by atoms with Crippen molar-refractivity contribution in [2.45, 2.75) is 25.6 Å². The van der Waals surface area contributed by atoms with Crippen molar-refractivity contribution in [2.75, 3.05) is 19.8 Å². The lowest BCUT2D eigenvalue weighted by Gasteiger charge is -2.32. The summed E-state index contributed by atoms with van der Waals surface area (Å²) in [6, 6.07) is 27.1. The number of sulfonamides is 1. The summed E-state index contributed by atoms with van der Waals surface area (Å²) in [7, 11) is -2.16. The van der Waals surface area contributed by atoms with E-state index in [1.807, 2.05) is 91.0 Å². The number of carbonyl (C=O) groups excluding carboxylic acids is 2. The van der Waals surface area contributed by atoms with E-state index in [-0.39, 0.29) is 25.5 Å².